The molecule has 0 heterocycles. The highest BCUT2D eigenvalue weighted by atomic mass is 16.6. The quantitative estimate of drug-likeness (QED) is 0.784. The lowest BCUT2D eigenvalue weighted by atomic mass is 10.2. The van der Waals surface area contributed by atoms with Crippen molar-refractivity contribution in [3.63, 3.8) is 0 Å². The van der Waals surface area contributed by atoms with Crippen molar-refractivity contribution < 1.29 is 19.1 Å². The molecule has 0 radical (unpaired) electrons. The predicted molar refractivity (Wildman–Crippen MR) is 92.1 cm³/mol. The van der Waals surface area contributed by atoms with Crippen LogP contribution in [0.25, 0.3) is 0 Å². The van der Waals surface area contributed by atoms with E-state index in [-0.39, 0.29) is 6.61 Å². The predicted octanol–water partition coefficient (Wildman–Crippen LogP) is 2.68. The molecule has 2 rings (SSSR count). The van der Waals surface area contributed by atoms with E-state index in [0.29, 0.717) is 17.0 Å². The molecule has 0 spiro atoms. The SMILES string of the molecule is CCc1ccc(OCC(=O)OCC(=O)Nc2ccc(C#N)cc2)cc1. The Balaban J connectivity index is 1.71. The van der Waals surface area contributed by atoms with E-state index >= 15 is 0 Å². The number of rotatable bonds is 7. The number of hydrogen-bond acceptors (Lipinski definition) is 5. The van der Waals surface area contributed by atoms with Crippen molar-refractivity contribution in [2.75, 3.05) is 18.5 Å². The van der Waals surface area contributed by atoms with Gasteiger partial charge in [0.25, 0.3) is 5.91 Å². The maximum atomic E-state index is 11.7. The van der Waals surface area contributed by atoms with Crippen LogP contribution in [0.3, 0.4) is 0 Å². The van der Waals surface area contributed by atoms with Gasteiger partial charge < -0.3 is 14.8 Å². The zero-order chi connectivity index (χ0) is 18.1. The number of amides is 1. The van der Waals surface area contributed by atoms with E-state index in [4.69, 9.17) is 14.7 Å². The highest BCUT2D eigenvalue weighted by molar-refractivity contribution is 5.92. The van der Waals surface area contributed by atoms with Crippen LogP contribution >= 0.6 is 0 Å². The number of ether oxygens (including phenoxy) is 2. The first-order valence-corrected chi connectivity index (χ1v) is 7.78. The molecule has 0 saturated heterocycles. The summed E-state index contributed by atoms with van der Waals surface area (Å²) >= 11 is 0. The van der Waals surface area contributed by atoms with Gasteiger partial charge in [-0.15, -0.1) is 0 Å². The number of nitrogens with one attached hydrogen (secondary N) is 1. The third-order valence-electron chi connectivity index (χ3n) is 3.35. The van der Waals surface area contributed by atoms with Crippen molar-refractivity contribution in [2.24, 2.45) is 0 Å². The average molecular weight is 338 g/mol. The van der Waals surface area contributed by atoms with Crippen LogP contribution in [0, 0.1) is 11.3 Å². The van der Waals surface area contributed by atoms with Gasteiger partial charge in [0.05, 0.1) is 11.6 Å². The van der Waals surface area contributed by atoms with E-state index < -0.39 is 18.5 Å². The number of anilines is 1. The molecule has 0 atom stereocenters. The van der Waals surface area contributed by atoms with Crippen LogP contribution in [0.2, 0.25) is 0 Å². The van der Waals surface area contributed by atoms with Crippen molar-refractivity contribution in [1.82, 2.24) is 0 Å². The highest BCUT2D eigenvalue weighted by Crippen LogP contribution is 2.12. The minimum atomic E-state index is -0.630. The molecular formula is C19H18N2O4. The number of hydrogen-bond donors (Lipinski definition) is 1. The molecule has 0 aliphatic heterocycles. The molecule has 0 saturated carbocycles. The summed E-state index contributed by atoms with van der Waals surface area (Å²) in [5, 5.41) is 11.3. The second-order valence-electron chi connectivity index (χ2n) is 5.18. The summed E-state index contributed by atoms with van der Waals surface area (Å²) in [5.74, 6) is -0.531. The van der Waals surface area contributed by atoms with Gasteiger partial charge in [0, 0.05) is 5.69 Å². The second kappa shape index (κ2) is 9.08. The molecular weight excluding hydrogens is 320 g/mol. The molecule has 1 amide bonds. The Morgan fingerprint density at radius 2 is 1.72 bits per heavy atom. The number of aryl methyl sites for hydroxylation is 1. The number of nitriles is 1. The maximum absolute atomic E-state index is 11.7. The van der Waals surface area contributed by atoms with Gasteiger partial charge in [-0.3, -0.25) is 4.79 Å². The summed E-state index contributed by atoms with van der Waals surface area (Å²) in [4.78, 5) is 23.3. The minimum absolute atomic E-state index is 0.268. The Bertz CT molecular complexity index is 762. The molecule has 0 unspecified atom stereocenters. The van der Waals surface area contributed by atoms with Gasteiger partial charge in [-0.25, -0.2) is 4.79 Å². The topological polar surface area (TPSA) is 88.4 Å². The van der Waals surface area contributed by atoms with Crippen LogP contribution in [-0.2, 0) is 20.7 Å². The summed E-state index contributed by atoms with van der Waals surface area (Å²) in [6.45, 7) is 1.38. The first-order chi connectivity index (χ1) is 12.1. The molecule has 1 N–H and O–H groups in total. The maximum Gasteiger partial charge on any atom is 0.344 e. The molecule has 0 bridgehead atoms. The van der Waals surface area contributed by atoms with E-state index in [1.54, 1.807) is 36.4 Å². The fourth-order valence-electron chi connectivity index (χ4n) is 1.98. The zero-order valence-electron chi connectivity index (χ0n) is 13.8. The molecule has 0 fully saturated rings. The van der Waals surface area contributed by atoms with E-state index in [2.05, 4.69) is 12.2 Å². The zero-order valence-corrected chi connectivity index (χ0v) is 13.8. The van der Waals surface area contributed by atoms with Crippen molar-refractivity contribution in [3.05, 3.63) is 59.7 Å². The molecule has 2 aromatic rings. The van der Waals surface area contributed by atoms with Gasteiger partial charge in [0.1, 0.15) is 5.75 Å². The van der Waals surface area contributed by atoms with Gasteiger partial charge in [0.2, 0.25) is 0 Å². The van der Waals surface area contributed by atoms with E-state index in [0.717, 1.165) is 6.42 Å². The monoisotopic (exact) mass is 338 g/mol. The fraction of sp³-hybridized carbons (Fsp3) is 0.211. The van der Waals surface area contributed by atoms with Crippen LogP contribution < -0.4 is 10.1 Å². The Morgan fingerprint density at radius 3 is 2.32 bits per heavy atom. The highest BCUT2D eigenvalue weighted by Gasteiger charge is 2.09. The van der Waals surface area contributed by atoms with Gasteiger partial charge in [-0.05, 0) is 48.4 Å². The number of esters is 1. The normalized spacial score (nSPS) is 9.76. The molecule has 2 aromatic carbocycles. The van der Waals surface area contributed by atoms with Gasteiger partial charge in [-0.1, -0.05) is 19.1 Å². The number of benzene rings is 2. The van der Waals surface area contributed by atoms with Gasteiger partial charge in [-0.2, -0.15) is 5.26 Å². The third-order valence-corrected chi connectivity index (χ3v) is 3.35. The molecule has 0 aromatic heterocycles. The number of carbonyl (C=O) groups is 2. The van der Waals surface area contributed by atoms with Gasteiger partial charge >= 0.3 is 5.97 Å². The fourth-order valence-corrected chi connectivity index (χ4v) is 1.98. The van der Waals surface area contributed by atoms with E-state index in [1.807, 2.05) is 18.2 Å². The lowest BCUT2D eigenvalue weighted by molar-refractivity contribution is -0.149. The average Bonchev–Trinajstić information content (AvgIpc) is 2.65. The first-order valence-electron chi connectivity index (χ1n) is 7.78. The Kier molecular flexibility index (Phi) is 6.55. The van der Waals surface area contributed by atoms with Crippen molar-refractivity contribution in [3.8, 4) is 11.8 Å². The largest absolute Gasteiger partial charge is 0.482 e. The molecule has 0 aliphatic rings. The summed E-state index contributed by atoms with van der Waals surface area (Å²) in [7, 11) is 0. The summed E-state index contributed by atoms with van der Waals surface area (Å²) < 4.78 is 10.2. The Hall–Kier alpha value is -3.33. The van der Waals surface area contributed by atoms with Crippen LogP contribution in [0.5, 0.6) is 5.75 Å². The summed E-state index contributed by atoms with van der Waals surface area (Å²) in [6, 6.07) is 15.8. The first kappa shape index (κ1) is 18.0. The van der Waals surface area contributed by atoms with Crippen LogP contribution in [0.1, 0.15) is 18.1 Å². The minimum Gasteiger partial charge on any atom is -0.482 e. The van der Waals surface area contributed by atoms with Crippen molar-refractivity contribution >= 4 is 17.6 Å². The molecule has 0 aliphatic carbocycles. The second-order valence-corrected chi connectivity index (χ2v) is 5.18. The molecule has 25 heavy (non-hydrogen) atoms. The van der Waals surface area contributed by atoms with Crippen molar-refractivity contribution in [2.45, 2.75) is 13.3 Å². The van der Waals surface area contributed by atoms with Crippen LogP contribution in [-0.4, -0.2) is 25.1 Å². The smallest absolute Gasteiger partial charge is 0.344 e. The standard InChI is InChI=1S/C19H18N2O4/c1-2-14-5-9-17(10-6-14)24-13-19(23)25-12-18(22)21-16-7-3-15(11-20)4-8-16/h3-10H,2,12-13H2,1H3,(H,21,22). The van der Waals surface area contributed by atoms with Crippen LogP contribution in [0.15, 0.2) is 48.5 Å². The third kappa shape index (κ3) is 5.99. The molecule has 128 valence electrons. The molecule has 6 nitrogen and oxygen atoms in total. The Labute approximate surface area is 146 Å². The van der Waals surface area contributed by atoms with Crippen LogP contribution in [0.4, 0.5) is 5.69 Å². The Morgan fingerprint density at radius 1 is 1.04 bits per heavy atom. The number of nitrogens with zero attached hydrogens (tertiary/aromatic N) is 1. The lowest BCUT2D eigenvalue weighted by Crippen LogP contribution is -2.23. The van der Waals surface area contributed by atoms with Gasteiger partial charge in [0.15, 0.2) is 13.2 Å². The molecule has 6 heteroatoms. The number of carbonyl (C=O) groups excluding carboxylic acids is 2. The lowest BCUT2D eigenvalue weighted by Gasteiger charge is -2.08. The van der Waals surface area contributed by atoms with E-state index in [9.17, 15) is 9.59 Å². The van der Waals surface area contributed by atoms with E-state index in [1.165, 1.54) is 5.56 Å². The summed E-state index contributed by atoms with van der Waals surface area (Å²) in [6.07, 6.45) is 0.927. The summed E-state index contributed by atoms with van der Waals surface area (Å²) in [5.41, 5.74) is 2.19. The van der Waals surface area contributed by atoms with Crippen molar-refractivity contribution in [1.29, 1.82) is 5.26 Å².